The zero-order chi connectivity index (χ0) is 14.7. The molecule has 3 heteroatoms. The van der Waals surface area contributed by atoms with Gasteiger partial charge in [-0.25, -0.2) is 0 Å². The van der Waals surface area contributed by atoms with Gasteiger partial charge >= 0.3 is 0 Å². The molecular formula is C18H27ClN2. The third kappa shape index (κ3) is 4.21. The van der Waals surface area contributed by atoms with E-state index in [9.17, 15) is 0 Å². The predicted molar refractivity (Wildman–Crippen MR) is 89.7 cm³/mol. The Morgan fingerprint density at radius 3 is 2.43 bits per heavy atom. The predicted octanol–water partition coefficient (Wildman–Crippen LogP) is 4.04. The molecule has 1 aliphatic carbocycles. The molecule has 1 aromatic carbocycles. The molecule has 116 valence electrons. The summed E-state index contributed by atoms with van der Waals surface area (Å²) in [5.41, 5.74) is 1.37. The number of halogens is 1. The first-order chi connectivity index (χ1) is 10.2. The van der Waals surface area contributed by atoms with Gasteiger partial charge in [0.1, 0.15) is 0 Å². The highest BCUT2D eigenvalue weighted by molar-refractivity contribution is 6.30. The number of hydrogen-bond donors (Lipinski definition) is 0. The van der Waals surface area contributed by atoms with E-state index in [2.05, 4.69) is 28.9 Å². The fourth-order valence-electron chi connectivity index (χ4n) is 3.87. The molecule has 0 bridgehead atoms. The highest BCUT2D eigenvalue weighted by Crippen LogP contribution is 2.28. The van der Waals surface area contributed by atoms with Crippen LogP contribution in [0.3, 0.4) is 0 Å². The van der Waals surface area contributed by atoms with Crippen LogP contribution < -0.4 is 0 Å². The molecule has 0 aromatic heterocycles. The number of piperazine rings is 1. The van der Waals surface area contributed by atoms with Crippen molar-refractivity contribution in [2.24, 2.45) is 5.92 Å². The van der Waals surface area contributed by atoms with E-state index < -0.39 is 0 Å². The van der Waals surface area contributed by atoms with Gasteiger partial charge in [0.25, 0.3) is 0 Å². The monoisotopic (exact) mass is 306 g/mol. The zero-order valence-corrected chi connectivity index (χ0v) is 13.9. The summed E-state index contributed by atoms with van der Waals surface area (Å²) in [7, 11) is 0. The largest absolute Gasteiger partial charge is 0.298 e. The van der Waals surface area contributed by atoms with Crippen molar-refractivity contribution < 1.29 is 0 Å². The summed E-state index contributed by atoms with van der Waals surface area (Å²) in [6.07, 6.45) is 5.70. The Morgan fingerprint density at radius 2 is 1.76 bits per heavy atom. The maximum Gasteiger partial charge on any atom is 0.0406 e. The van der Waals surface area contributed by atoms with Gasteiger partial charge in [-0.2, -0.15) is 0 Å². The number of benzene rings is 1. The molecule has 1 aromatic rings. The van der Waals surface area contributed by atoms with Crippen molar-refractivity contribution in [2.75, 3.05) is 26.2 Å². The SMILES string of the molecule is C[C@@H]1CCC[C@@H](N2CCN(Cc3ccc(Cl)cc3)CC2)C1. The Labute approximate surface area is 134 Å². The van der Waals surface area contributed by atoms with Crippen molar-refractivity contribution >= 4 is 11.6 Å². The molecule has 21 heavy (non-hydrogen) atoms. The molecule has 2 nitrogen and oxygen atoms in total. The van der Waals surface area contributed by atoms with Crippen molar-refractivity contribution in [1.82, 2.24) is 9.80 Å². The van der Waals surface area contributed by atoms with E-state index in [-0.39, 0.29) is 0 Å². The Kier molecular flexibility index (Phi) is 5.20. The van der Waals surface area contributed by atoms with Gasteiger partial charge in [-0.1, -0.05) is 43.5 Å². The average molecular weight is 307 g/mol. The number of hydrogen-bond acceptors (Lipinski definition) is 2. The van der Waals surface area contributed by atoms with Crippen molar-refractivity contribution in [3.05, 3.63) is 34.9 Å². The van der Waals surface area contributed by atoms with Crippen LogP contribution in [-0.2, 0) is 6.54 Å². The molecule has 0 amide bonds. The van der Waals surface area contributed by atoms with E-state index >= 15 is 0 Å². The average Bonchev–Trinajstić information content (AvgIpc) is 2.50. The summed E-state index contributed by atoms with van der Waals surface area (Å²) >= 11 is 5.95. The molecular weight excluding hydrogens is 280 g/mol. The summed E-state index contributed by atoms with van der Waals surface area (Å²) < 4.78 is 0. The molecule has 1 saturated carbocycles. The van der Waals surface area contributed by atoms with Gasteiger partial charge < -0.3 is 0 Å². The molecule has 1 saturated heterocycles. The summed E-state index contributed by atoms with van der Waals surface area (Å²) in [5, 5.41) is 0.829. The number of nitrogens with zero attached hydrogens (tertiary/aromatic N) is 2. The minimum absolute atomic E-state index is 0.829. The topological polar surface area (TPSA) is 6.48 Å². The molecule has 2 fully saturated rings. The molecule has 0 unspecified atom stereocenters. The van der Waals surface area contributed by atoms with Crippen LogP contribution in [0.4, 0.5) is 0 Å². The summed E-state index contributed by atoms with van der Waals surface area (Å²) in [4.78, 5) is 5.32. The quantitative estimate of drug-likeness (QED) is 0.831. The van der Waals surface area contributed by atoms with Crippen molar-refractivity contribution in [3.8, 4) is 0 Å². The van der Waals surface area contributed by atoms with Crippen LogP contribution in [0.1, 0.15) is 38.2 Å². The molecule has 1 aliphatic heterocycles. The van der Waals surface area contributed by atoms with Crippen molar-refractivity contribution in [3.63, 3.8) is 0 Å². The van der Waals surface area contributed by atoms with Crippen LogP contribution in [0.5, 0.6) is 0 Å². The van der Waals surface area contributed by atoms with Gasteiger partial charge in [0.15, 0.2) is 0 Å². The maximum absolute atomic E-state index is 5.95. The van der Waals surface area contributed by atoms with Crippen LogP contribution in [0.15, 0.2) is 24.3 Å². The number of rotatable bonds is 3. The highest BCUT2D eigenvalue weighted by atomic mass is 35.5. The first kappa shape index (κ1) is 15.3. The Hall–Kier alpha value is -0.570. The zero-order valence-electron chi connectivity index (χ0n) is 13.1. The molecule has 2 atom stereocenters. The van der Waals surface area contributed by atoms with Gasteiger partial charge in [-0.05, 0) is 36.5 Å². The lowest BCUT2D eigenvalue weighted by Crippen LogP contribution is -2.50. The minimum atomic E-state index is 0.829. The third-order valence-corrected chi connectivity index (χ3v) is 5.40. The van der Waals surface area contributed by atoms with Gasteiger partial charge in [0, 0.05) is 43.8 Å². The van der Waals surface area contributed by atoms with Crippen molar-refractivity contribution in [2.45, 2.75) is 45.2 Å². The second kappa shape index (κ2) is 7.13. The Morgan fingerprint density at radius 1 is 1.05 bits per heavy atom. The van der Waals surface area contributed by atoms with Gasteiger partial charge in [0.05, 0.1) is 0 Å². The summed E-state index contributed by atoms with van der Waals surface area (Å²) in [6.45, 7) is 8.37. The van der Waals surface area contributed by atoms with Crippen LogP contribution in [-0.4, -0.2) is 42.0 Å². The lowest BCUT2D eigenvalue weighted by molar-refractivity contribution is 0.0659. The third-order valence-electron chi connectivity index (χ3n) is 5.15. The molecule has 3 rings (SSSR count). The molecule has 1 heterocycles. The lowest BCUT2D eigenvalue weighted by atomic mass is 9.86. The summed E-state index contributed by atoms with van der Waals surface area (Å²) in [6, 6.07) is 9.15. The van der Waals surface area contributed by atoms with Crippen LogP contribution in [0.2, 0.25) is 5.02 Å². The molecule has 2 aliphatic rings. The fraction of sp³-hybridized carbons (Fsp3) is 0.667. The van der Waals surface area contributed by atoms with E-state index in [1.807, 2.05) is 12.1 Å². The van der Waals surface area contributed by atoms with Crippen molar-refractivity contribution in [1.29, 1.82) is 0 Å². The second-order valence-corrected chi connectivity index (χ2v) is 7.30. The first-order valence-corrected chi connectivity index (χ1v) is 8.79. The van der Waals surface area contributed by atoms with E-state index in [0.29, 0.717) is 0 Å². The smallest absolute Gasteiger partial charge is 0.0406 e. The van der Waals surface area contributed by atoms with Crippen LogP contribution in [0, 0.1) is 5.92 Å². The highest BCUT2D eigenvalue weighted by Gasteiger charge is 2.27. The van der Waals surface area contributed by atoms with Gasteiger partial charge in [-0.3, -0.25) is 9.80 Å². The standard InChI is InChI=1S/C18H27ClN2/c1-15-3-2-4-18(13-15)21-11-9-20(10-12-21)14-16-5-7-17(19)8-6-16/h5-8,15,18H,2-4,9-14H2,1H3/t15-,18-/m1/s1. The normalized spacial score (nSPS) is 28.7. The fourth-order valence-corrected chi connectivity index (χ4v) is 3.99. The molecule has 0 radical (unpaired) electrons. The Balaban J connectivity index is 1.47. The first-order valence-electron chi connectivity index (χ1n) is 8.41. The molecule has 0 spiro atoms. The van der Waals surface area contributed by atoms with Crippen LogP contribution >= 0.6 is 11.6 Å². The van der Waals surface area contributed by atoms with E-state index in [1.54, 1.807) is 0 Å². The second-order valence-electron chi connectivity index (χ2n) is 6.86. The molecule has 0 N–H and O–H groups in total. The van der Waals surface area contributed by atoms with E-state index in [0.717, 1.165) is 23.5 Å². The summed E-state index contributed by atoms with van der Waals surface area (Å²) in [5.74, 6) is 0.927. The Bertz CT molecular complexity index is 437. The maximum atomic E-state index is 5.95. The van der Waals surface area contributed by atoms with Gasteiger partial charge in [-0.15, -0.1) is 0 Å². The van der Waals surface area contributed by atoms with E-state index in [1.165, 1.54) is 57.4 Å². The van der Waals surface area contributed by atoms with Crippen LogP contribution in [0.25, 0.3) is 0 Å². The minimum Gasteiger partial charge on any atom is -0.298 e. The van der Waals surface area contributed by atoms with E-state index in [4.69, 9.17) is 11.6 Å². The van der Waals surface area contributed by atoms with Gasteiger partial charge in [0.2, 0.25) is 0 Å². The lowest BCUT2D eigenvalue weighted by Gasteiger charge is -2.42.